The highest BCUT2D eigenvalue weighted by atomic mass is 16.2. The zero-order chi connectivity index (χ0) is 20.9. The van der Waals surface area contributed by atoms with Crippen LogP contribution in [0.2, 0.25) is 0 Å². The number of carbonyl (C=O) groups excluding carboxylic acids is 2. The number of hydrogen-bond acceptors (Lipinski definition) is 4. The smallest absolute Gasteiger partial charge is 0.263 e. The van der Waals surface area contributed by atoms with Crippen LogP contribution in [0.3, 0.4) is 0 Å². The van der Waals surface area contributed by atoms with E-state index in [2.05, 4.69) is 10.6 Å². The number of benzene rings is 1. The first-order valence-corrected chi connectivity index (χ1v) is 10.7. The van der Waals surface area contributed by atoms with E-state index in [-0.39, 0.29) is 11.6 Å². The highest BCUT2D eigenvalue weighted by Crippen LogP contribution is 2.17. The zero-order valence-electron chi connectivity index (χ0n) is 17.1. The van der Waals surface area contributed by atoms with E-state index in [0.29, 0.717) is 11.3 Å². The Labute approximate surface area is 173 Å². The van der Waals surface area contributed by atoms with Gasteiger partial charge in [-0.15, -0.1) is 0 Å². The lowest BCUT2D eigenvalue weighted by molar-refractivity contribution is -0.117. The first kappa shape index (κ1) is 22.5. The Balaban J connectivity index is 1.94. The largest absolute Gasteiger partial charge is 0.398 e. The summed E-state index contributed by atoms with van der Waals surface area (Å²) in [6, 6.07) is 8.61. The third kappa shape index (κ3) is 7.98. The van der Waals surface area contributed by atoms with E-state index in [9.17, 15) is 14.9 Å². The van der Waals surface area contributed by atoms with Gasteiger partial charge in [0.1, 0.15) is 11.6 Å². The van der Waals surface area contributed by atoms with Gasteiger partial charge in [-0.25, -0.2) is 0 Å². The number of nitriles is 1. The minimum Gasteiger partial charge on any atom is -0.398 e. The van der Waals surface area contributed by atoms with Gasteiger partial charge in [0, 0.05) is 17.9 Å². The van der Waals surface area contributed by atoms with Gasteiger partial charge in [-0.3, -0.25) is 9.59 Å². The van der Waals surface area contributed by atoms with Gasteiger partial charge in [0.25, 0.3) is 11.8 Å². The Hall–Kier alpha value is -2.81. The van der Waals surface area contributed by atoms with E-state index in [4.69, 9.17) is 5.73 Å². The lowest BCUT2D eigenvalue weighted by Crippen LogP contribution is -2.36. The van der Waals surface area contributed by atoms with Gasteiger partial charge in [-0.1, -0.05) is 69.9 Å². The average Bonchev–Trinajstić information content (AvgIpc) is 2.70. The zero-order valence-corrected chi connectivity index (χ0v) is 17.1. The molecule has 29 heavy (non-hydrogen) atoms. The van der Waals surface area contributed by atoms with Crippen molar-refractivity contribution >= 4 is 17.5 Å². The second kappa shape index (κ2) is 12.6. The summed E-state index contributed by atoms with van der Waals surface area (Å²) in [4.78, 5) is 24.8. The number of carbonyl (C=O) groups is 2. The molecule has 1 aliphatic rings. The predicted molar refractivity (Wildman–Crippen MR) is 115 cm³/mol. The van der Waals surface area contributed by atoms with Crippen LogP contribution in [0.4, 0.5) is 5.69 Å². The maximum absolute atomic E-state index is 12.6. The van der Waals surface area contributed by atoms with Gasteiger partial charge in [0.2, 0.25) is 0 Å². The number of nitrogens with one attached hydrogen (secondary N) is 2. The Morgan fingerprint density at radius 1 is 0.966 bits per heavy atom. The van der Waals surface area contributed by atoms with E-state index >= 15 is 0 Å². The lowest BCUT2D eigenvalue weighted by Gasteiger charge is -2.19. The number of para-hydroxylation sites is 1. The number of hydrogen-bond donors (Lipinski definition) is 3. The molecule has 1 fully saturated rings. The fourth-order valence-corrected chi connectivity index (χ4v) is 3.64. The molecule has 0 aliphatic heterocycles. The van der Waals surface area contributed by atoms with Crippen LogP contribution >= 0.6 is 0 Å². The van der Waals surface area contributed by atoms with Gasteiger partial charge in [0.05, 0.1) is 5.56 Å². The van der Waals surface area contributed by atoms with E-state index in [1.54, 1.807) is 24.3 Å². The van der Waals surface area contributed by atoms with Crippen molar-refractivity contribution < 1.29 is 9.59 Å². The van der Waals surface area contributed by atoms with Crippen LogP contribution in [0.15, 0.2) is 36.0 Å². The Morgan fingerprint density at radius 2 is 1.52 bits per heavy atom. The molecule has 0 radical (unpaired) electrons. The Kier molecular flexibility index (Phi) is 9.77. The number of nitrogens with zero attached hydrogens (tertiary/aromatic N) is 1. The van der Waals surface area contributed by atoms with E-state index in [0.717, 1.165) is 25.7 Å². The van der Waals surface area contributed by atoms with Crippen molar-refractivity contribution in [2.24, 2.45) is 0 Å². The third-order valence-corrected chi connectivity index (χ3v) is 5.36. The molecule has 2 amide bonds. The fraction of sp³-hybridized carbons (Fsp3) is 0.522. The van der Waals surface area contributed by atoms with Crippen molar-refractivity contribution in [1.29, 1.82) is 5.26 Å². The van der Waals surface area contributed by atoms with Crippen LogP contribution < -0.4 is 16.4 Å². The first-order valence-electron chi connectivity index (χ1n) is 10.7. The average molecular weight is 397 g/mol. The first-order chi connectivity index (χ1) is 14.1. The summed E-state index contributed by atoms with van der Waals surface area (Å²) >= 11 is 0. The maximum atomic E-state index is 12.6. The van der Waals surface area contributed by atoms with Gasteiger partial charge < -0.3 is 16.4 Å². The summed E-state index contributed by atoms with van der Waals surface area (Å²) in [5, 5.41) is 14.9. The summed E-state index contributed by atoms with van der Waals surface area (Å²) in [5.41, 5.74) is 6.33. The minimum atomic E-state index is -0.449. The molecular weight excluding hydrogens is 364 g/mol. The number of rotatable bonds is 4. The fourth-order valence-electron chi connectivity index (χ4n) is 3.64. The standard InChI is InChI=1S/C23H32N4O2/c24-16-18(17-26-23(29)20-14-10-11-15-21(20)25)22(28)27-19-12-8-6-4-2-1-3-5-7-9-13-19/h10-11,14-15,17,19H,1-9,12-13,25H2,(H,26,29)(H,27,28)/b18-17-. The van der Waals surface area contributed by atoms with E-state index in [1.807, 2.05) is 6.07 Å². The summed E-state index contributed by atoms with van der Waals surface area (Å²) in [5.74, 6) is -0.888. The van der Waals surface area contributed by atoms with Crippen molar-refractivity contribution in [2.75, 3.05) is 5.73 Å². The molecule has 6 nitrogen and oxygen atoms in total. The van der Waals surface area contributed by atoms with Crippen LogP contribution in [0.25, 0.3) is 0 Å². The van der Waals surface area contributed by atoms with Gasteiger partial charge in [0.15, 0.2) is 0 Å². The third-order valence-electron chi connectivity index (χ3n) is 5.36. The molecule has 0 saturated heterocycles. The number of anilines is 1. The number of amides is 2. The summed E-state index contributed by atoms with van der Waals surface area (Å²) in [6.45, 7) is 0. The molecule has 1 saturated carbocycles. The monoisotopic (exact) mass is 396 g/mol. The second-order valence-corrected chi connectivity index (χ2v) is 7.66. The van der Waals surface area contributed by atoms with Crippen LogP contribution in [-0.2, 0) is 4.79 Å². The van der Waals surface area contributed by atoms with E-state index < -0.39 is 11.8 Å². The quantitative estimate of drug-likeness (QED) is 0.403. The van der Waals surface area contributed by atoms with E-state index in [1.165, 1.54) is 51.1 Å². The van der Waals surface area contributed by atoms with Gasteiger partial charge >= 0.3 is 0 Å². The number of nitrogens with two attached hydrogens (primary N) is 1. The molecule has 2 rings (SSSR count). The molecule has 0 atom stereocenters. The van der Waals surface area contributed by atoms with Crippen LogP contribution in [0.1, 0.15) is 81.0 Å². The lowest BCUT2D eigenvalue weighted by atomic mass is 9.98. The van der Waals surface area contributed by atoms with Crippen LogP contribution in [0, 0.1) is 11.3 Å². The molecule has 0 bridgehead atoms. The highest BCUT2D eigenvalue weighted by Gasteiger charge is 2.17. The van der Waals surface area contributed by atoms with Crippen molar-refractivity contribution in [2.45, 2.75) is 76.7 Å². The highest BCUT2D eigenvalue weighted by molar-refractivity contribution is 6.01. The molecule has 0 spiro atoms. The van der Waals surface area contributed by atoms with Crippen LogP contribution in [0.5, 0.6) is 0 Å². The minimum absolute atomic E-state index is 0.0687. The number of nitrogen functional groups attached to an aromatic ring is 1. The van der Waals surface area contributed by atoms with Crippen molar-refractivity contribution in [3.63, 3.8) is 0 Å². The molecule has 4 N–H and O–H groups in total. The molecule has 0 aromatic heterocycles. The summed E-state index contributed by atoms with van der Waals surface area (Å²) in [6.07, 6.45) is 14.0. The van der Waals surface area contributed by atoms with Crippen molar-refractivity contribution in [1.82, 2.24) is 10.6 Å². The predicted octanol–water partition coefficient (Wildman–Crippen LogP) is 4.20. The Bertz CT molecular complexity index is 739. The molecule has 0 unspecified atom stereocenters. The van der Waals surface area contributed by atoms with Crippen molar-refractivity contribution in [3.8, 4) is 6.07 Å². The topological polar surface area (TPSA) is 108 Å². The summed E-state index contributed by atoms with van der Waals surface area (Å²) < 4.78 is 0. The molecular formula is C23H32N4O2. The molecule has 1 aromatic rings. The van der Waals surface area contributed by atoms with Gasteiger partial charge in [-0.05, 0) is 25.0 Å². The SMILES string of the molecule is N#C/C(=C/NC(=O)c1ccccc1N)C(=O)NC1CCCCCCCCCCC1. The normalized spacial score (nSPS) is 17.3. The molecule has 1 aliphatic carbocycles. The van der Waals surface area contributed by atoms with Crippen molar-refractivity contribution in [3.05, 3.63) is 41.6 Å². The molecule has 0 heterocycles. The molecule has 156 valence electrons. The Morgan fingerprint density at radius 3 is 2.07 bits per heavy atom. The molecule has 1 aromatic carbocycles. The summed E-state index contributed by atoms with van der Waals surface area (Å²) in [7, 11) is 0. The maximum Gasteiger partial charge on any atom is 0.263 e. The molecule has 6 heteroatoms. The second-order valence-electron chi connectivity index (χ2n) is 7.66. The van der Waals surface area contributed by atoms with Gasteiger partial charge in [-0.2, -0.15) is 5.26 Å². The van der Waals surface area contributed by atoms with Crippen LogP contribution in [-0.4, -0.2) is 17.9 Å².